The van der Waals surface area contributed by atoms with E-state index in [4.69, 9.17) is 0 Å². The molecule has 1 unspecified atom stereocenters. The van der Waals surface area contributed by atoms with Gasteiger partial charge < -0.3 is 10.6 Å². The minimum absolute atomic E-state index is 0.0510. The van der Waals surface area contributed by atoms with Crippen LogP contribution < -0.4 is 10.6 Å². The van der Waals surface area contributed by atoms with Gasteiger partial charge in [0.05, 0.1) is 11.3 Å². The summed E-state index contributed by atoms with van der Waals surface area (Å²) in [6.07, 6.45) is 5.03. The first-order valence-electron chi connectivity index (χ1n) is 7.42. The van der Waals surface area contributed by atoms with Gasteiger partial charge in [-0.05, 0) is 37.3 Å². The maximum Gasteiger partial charge on any atom is 0.292 e. The van der Waals surface area contributed by atoms with Crippen molar-refractivity contribution in [2.75, 3.05) is 10.6 Å². The van der Waals surface area contributed by atoms with Gasteiger partial charge in [0.2, 0.25) is 5.91 Å². The molecule has 2 aliphatic rings. The molecule has 0 bridgehead atoms. The molecule has 21 heavy (non-hydrogen) atoms. The lowest BCUT2D eigenvalue weighted by Crippen LogP contribution is -2.24. The first kappa shape index (κ1) is 13.9. The summed E-state index contributed by atoms with van der Waals surface area (Å²) in [5.74, 6) is 0.452. The second-order valence-electron chi connectivity index (χ2n) is 5.99. The van der Waals surface area contributed by atoms with Crippen LogP contribution in [-0.2, 0) is 11.2 Å². The molecule has 1 aromatic carbocycles. The Bertz CT molecular complexity index is 594. The highest BCUT2D eigenvalue weighted by Crippen LogP contribution is 2.36. The average molecular weight is 289 g/mol. The van der Waals surface area contributed by atoms with Crippen molar-refractivity contribution in [2.45, 2.75) is 45.1 Å². The lowest BCUT2D eigenvalue weighted by atomic mass is 9.99. The zero-order valence-corrected chi connectivity index (χ0v) is 12.0. The van der Waals surface area contributed by atoms with Gasteiger partial charge in [0, 0.05) is 17.8 Å². The summed E-state index contributed by atoms with van der Waals surface area (Å²) in [6.45, 7) is 2.07. The number of nitrogens with one attached hydrogen (secondary N) is 2. The summed E-state index contributed by atoms with van der Waals surface area (Å²) < 4.78 is 0. The molecule has 1 saturated carbocycles. The van der Waals surface area contributed by atoms with E-state index in [-0.39, 0.29) is 29.0 Å². The minimum Gasteiger partial charge on any atom is -0.377 e. The number of nitrogens with zero attached hydrogens (tertiary/aromatic N) is 1. The molecule has 1 fully saturated rings. The van der Waals surface area contributed by atoms with Crippen LogP contribution in [0, 0.1) is 16.0 Å². The highest BCUT2D eigenvalue weighted by molar-refractivity contribution is 6.00. The fraction of sp³-hybridized carbons (Fsp3) is 0.533. The molecule has 1 amide bonds. The lowest BCUT2D eigenvalue weighted by Gasteiger charge is -2.21. The van der Waals surface area contributed by atoms with E-state index in [0.717, 1.165) is 0 Å². The fourth-order valence-electron chi connectivity index (χ4n) is 3.35. The second-order valence-corrected chi connectivity index (χ2v) is 5.99. The number of anilines is 2. The van der Waals surface area contributed by atoms with Crippen molar-refractivity contribution in [1.29, 1.82) is 0 Å². The van der Waals surface area contributed by atoms with Crippen LogP contribution in [0.3, 0.4) is 0 Å². The molecular formula is C15H19N3O3. The molecular weight excluding hydrogens is 270 g/mol. The number of benzene rings is 1. The fourth-order valence-corrected chi connectivity index (χ4v) is 3.35. The van der Waals surface area contributed by atoms with E-state index in [2.05, 4.69) is 17.6 Å². The van der Waals surface area contributed by atoms with Gasteiger partial charge in [-0.25, -0.2) is 0 Å². The van der Waals surface area contributed by atoms with E-state index >= 15 is 0 Å². The van der Waals surface area contributed by atoms with Crippen LogP contribution >= 0.6 is 0 Å². The quantitative estimate of drug-likeness (QED) is 0.659. The van der Waals surface area contributed by atoms with E-state index in [9.17, 15) is 14.9 Å². The van der Waals surface area contributed by atoms with E-state index in [0.29, 0.717) is 22.9 Å². The Balaban J connectivity index is 1.88. The predicted molar refractivity (Wildman–Crippen MR) is 80.5 cm³/mol. The van der Waals surface area contributed by atoms with Crippen LogP contribution in [0.2, 0.25) is 0 Å². The van der Waals surface area contributed by atoms with E-state index < -0.39 is 0 Å². The molecule has 3 rings (SSSR count). The van der Waals surface area contributed by atoms with Gasteiger partial charge in [-0.15, -0.1) is 0 Å². The van der Waals surface area contributed by atoms with Crippen LogP contribution in [0.15, 0.2) is 12.1 Å². The molecule has 112 valence electrons. The second kappa shape index (κ2) is 5.35. The molecule has 2 N–H and O–H groups in total. The maximum atomic E-state index is 11.4. The Morgan fingerprint density at radius 2 is 2.10 bits per heavy atom. The Hall–Kier alpha value is -2.11. The van der Waals surface area contributed by atoms with Crippen molar-refractivity contribution in [3.05, 3.63) is 27.8 Å². The zero-order chi connectivity index (χ0) is 15.0. The van der Waals surface area contributed by atoms with Gasteiger partial charge >= 0.3 is 0 Å². The number of rotatable bonds is 4. The first-order valence-corrected chi connectivity index (χ1v) is 7.42. The van der Waals surface area contributed by atoms with Gasteiger partial charge in [0.25, 0.3) is 5.69 Å². The van der Waals surface area contributed by atoms with E-state index in [1.165, 1.54) is 31.7 Å². The number of hydrogen-bond acceptors (Lipinski definition) is 4. The standard InChI is InChI=1S/C15H19N3O3/c1-9(10-4-2-3-5-10)16-13-8-12-11(7-15(19)17-12)6-14(13)18(20)21/h6,8-10,16H,2-5,7H2,1H3,(H,17,19). The molecule has 1 aliphatic carbocycles. The van der Waals surface area contributed by atoms with Crippen LogP contribution in [0.1, 0.15) is 38.2 Å². The maximum absolute atomic E-state index is 11.4. The van der Waals surface area contributed by atoms with Crippen molar-refractivity contribution in [1.82, 2.24) is 0 Å². The normalized spacial score (nSPS) is 19.2. The summed E-state index contributed by atoms with van der Waals surface area (Å²) in [7, 11) is 0. The Labute approximate surface area is 123 Å². The number of carbonyl (C=O) groups is 1. The largest absolute Gasteiger partial charge is 0.377 e. The molecule has 0 saturated heterocycles. The monoisotopic (exact) mass is 289 g/mol. The summed E-state index contributed by atoms with van der Waals surface area (Å²) in [5, 5.41) is 17.3. The smallest absolute Gasteiger partial charge is 0.292 e. The molecule has 1 aliphatic heterocycles. The number of nitro groups is 1. The van der Waals surface area contributed by atoms with Crippen LogP contribution in [0.5, 0.6) is 0 Å². The van der Waals surface area contributed by atoms with Crippen molar-refractivity contribution in [3.8, 4) is 0 Å². The molecule has 1 heterocycles. The summed E-state index contributed by atoms with van der Waals surface area (Å²) in [6, 6.07) is 3.40. The highest BCUT2D eigenvalue weighted by atomic mass is 16.6. The number of amides is 1. The lowest BCUT2D eigenvalue weighted by molar-refractivity contribution is -0.384. The third-order valence-electron chi connectivity index (χ3n) is 4.53. The van der Waals surface area contributed by atoms with E-state index in [1.807, 2.05) is 0 Å². The zero-order valence-electron chi connectivity index (χ0n) is 12.0. The Morgan fingerprint density at radius 1 is 1.38 bits per heavy atom. The molecule has 6 heteroatoms. The van der Waals surface area contributed by atoms with Crippen LogP contribution in [-0.4, -0.2) is 16.9 Å². The van der Waals surface area contributed by atoms with Gasteiger partial charge in [-0.3, -0.25) is 14.9 Å². The summed E-state index contributed by atoms with van der Waals surface area (Å²) in [5.41, 5.74) is 1.94. The molecule has 6 nitrogen and oxygen atoms in total. The minimum atomic E-state index is -0.382. The average Bonchev–Trinajstić information content (AvgIpc) is 3.05. The van der Waals surface area contributed by atoms with Crippen LogP contribution in [0.4, 0.5) is 17.1 Å². The number of hydrogen-bond donors (Lipinski definition) is 2. The van der Waals surface area contributed by atoms with Gasteiger partial charge in [-0.2, -0.15) is 0 Å². The van der Waals surface area contributed by atoms with Crippen molar-refractivity contribution in [2.24, 2.45) is 5.92 Å². The molecule has 1 aromatic rings. The number of fused-ring (bicyclic) bond motifs is 1. The SMILES string of the molecule is CC(Nc1cc2c(cc1[N+](=O)[O-])CC(=O)N2)C1CCCC1. The van der Waals surface area contributed by atoms with Crippen molar-refractivity contribution < 1.29 is 9.72 Å². The molecule has 0 aromatic heterocycles. The number of nitro benzene ring substituents is 1. The van der Waals surface area contributed by atoms with Crippen molar-refractivity contribution >= 4 is 23.0 Å². The van der Waals surface area contributed by atoms with Gasteiger partial charge in [0.15, 0.2) is 0 Å². The van der Waals surface area contributed by atoms with Crippen molar-refractivity contribution in [3.63, 3.8) is 0 Å². The predicted octanol–water partition coefficient (Wildman–Crippen LogP) is 3.08. The Morgan fingerprint density at radius 3 is 2.76 bits per heavy atom. The number of carbonyl (C=O) groups excluding carboxylic acids is 1. The third-order valence-corrected chi connectivity index (χ3v) is 4.53. The van der Waals surface area contributed by atoms with Crippen LogP contribution in [0.25, 0.3) is 0 Å². The van der Waals surface area contributed by atoms with E-state index in [1.54, 1.807) is 6.07 Å². The highest BCUT2D eigenvalue weighted by Gasteiger charge is 2.27. The summed E-state index contributed by atoms with van der Waals surface area (Å²) >= 11 is 0. The third kappa shape index (κ3) is 2.70. The first-order chi connectivity index (χ1) is 10.0. The molecule has 1 atom stereocenters. The topological polar surface area (TPSA) is 84.3 Å². The van der Waals surface area contributed by atoms with Gasteiger partial charge in [-0.1, -0.05) is 12.8 Å². The molecule has 0 radical (unpaired) electrons. The molecule has 0 spiro atoms. The summed E-state index contributed by atoms with van der Waals surface area (Å²) in [4.78, 5) is 22.3. The van der Waals surface area contributed by atoms with Gasteiger partial charge in [0.1, 0.15) is 5.69 Å². The Kier molecular flexibility index (Phi) is 3.53.